The number of rotatable bonds is 4. The molecule has 1 aliphatic rings. The van der Waals surface area contributed by atoms with Crippen LogP contribution in [0.2, 0.25) is 0 Å². The van der Waals surface area contributed by atoms with Crippen molar-refractivity contribution in [2.24, 2.45) is 5.73 Å². The molecule has 7 heteroatoms. The van der Waals surface area contributed by atoms with Crippen LogP contribution in [0.1, 0.15) is 32.3 Å². The zero-order valence-electron chi connectivity index (χ0n) is 13.3. The minimum Gasteiger partial charge on any atom is -0.350 e. The van der Waals surface area contributed by atoms with Crippen molar-refractivity contribution in [2.75, 3.05) is 13.1 Å². The van der Waals surface area contributed by atoms with E-state index >= 15 is 0 Å². The molecule has 2 atom stereocenters. The quantitative estimate of drug-likeness (QED) is 0.807. The number of nitrogens with zero attached hydrogens (tertiary/aromatic N) is 1. The molecule has 0 aliphatic carbocycles. The number of nitrogens with two attached hydrogens (primary N) is 1. The van der Waals surface area contributed by atoms with E-state index in [2.05, 4.69) is 21.2 Å². The first-order valence-corrected chi connectivity index (χ1v) is 8.27. The highest BCUT2D eigenvalue weighted by molar-refractivity contribution is 9.10. The predicted octanol–water partition coefficient (Wildman–Crippen LogP) is 2.17. The topological polar surface area (TPSA) is 75.4 Å². The van der Waals surface area contributed by atoms with Crippen LogP contribution in [0.15, 0.2) is 28.7 Å². The molecule has 1 aromatic rings. The normalized spacial score (nSPS) is 19.7. The van der Waals surface area contributed by atoms with Gasteiger partial charge in [-0.1, -0.05) is 35.0 Å². The molecule has 1 aromatic carbocycles. The van der Waals surface area contributed by atoms with E-state index in [0.717, 1.165) is 16.5 Å². The fraction of sp³-hybridized carbons (Fsp3) is 0.500. The molecule has 0 spiro atoms. The van der Waals surface area contributed by atoms with Gasteiger partial charge in [-0.3, -0.25) is 9.59 Å². The molecule has 23 heavy (non-hydrogen) atoms. The number of amides is 2. The lowest BCUT2D eigenvalue weighted by molar-refractivity contribution is -0.130. The summed E-state index contributed by atoms with van der Waals surface area (Å²) in [6, 6.07) is 7.38. The van der Waals surface area contributed by atoms with Crippen LogP contribution in [0, 0.1) is 0 Å². The Morgan fingerprint density at radius 3 is 2.57 bits per heavy atom. The van der Waals surface area contributed by atoms with Gasteiger partial charge >= 0.3 is 0 Å². The van der Waals surface area contributed by atoms with Gasteiger partial charge in [0, 0.05) is 30.0 Å². The van der Waals surface area contributed by atoms with Gasteiger partial charge in [-0.15, -0.1) is 12.4 Å². The first-order chi connectivity index (χ1) is 10.3. The van der Waals surface area contributed by atoms with Gasteiger partial charge < -0.3 is 16.0 Å². The maximum atomic E-state index is 12.5. The van der Waals surface area contributed by atoms with Crippen LogP contribution in [0.25, 0.3) is 0 Å². The maximum absolute atomic E-state index is 12.5. The highest BCUT2D eigenvalue weighted by atomic mass is 79.9. The molecule has 0 bridgehead atoms. The van der Waals surface area contributed by atoms with E-state index in [1.807, 2.05) is 31.2 Å². The first kappa shape index (κ1) is 19.9. The Bertz CT molecular complexity index is 563. The van der Waals surface area contributed by atoms with Crippen LogP contribution in [0.4, 0.5) is 0 Å². The van der Waals surface area contributed by atoms with Gasteiger partial charge in [0.25, 0.3) is 0 Å². The molecular formula is C16H23BrClN3O2. The molecule has 5 nitrogen and oxygen atoms in total. The smallest absolute Gasteiger partial charge is 0.244 e. The third-order valence-electron chi connectivity index (χ3n) is 4.09. The number of nitrogens with one attached hydrogen (secondary N) is 1. The SMILES string of the molecule is CCC(=O)N1CCC(NC(=O)C(C)(N)c2ccc(Br)cc2)C1.Cl. The number of carbonyl (C=O) groups excluding carboxylic acids is 2. The van der Waals surface area contributed by atoms with Crippen molar-refractivity contribution < 1.29 is 9.59 Å². The summed E-state index contributed by atoms with van der Waals surface area (Å²) in [7, 11) is 0. The number of carbonyl (C=O) groups is 2. The molecule has 0 aromatic heterocycles. The Morgan fingerprint density at radius 1 is 1.39 bits per heavy atom. The van der Waals surface area contributed by atoms with Crippen molar-refractivity contribution in [2.45, 2.75) is 38.3 Å². The maximum Gasteiger partial charge on any atom is 0.244 e. The third-order valence-corrected chi connectivity index (χ3v) is 4.62. The molecule has 2 amide bonds. The molecule has 0 radical (unpaired) electrons. The molecule has 2 rings (SSSR count). The van der Waals surface area contributed by atoms with Gasteiger partial charge in [0.1, 0.15) is 5.54 Å². The Labute approximate surface area is 151 Å². The number of likely N-dealkylation sites (tertiary alicyclic amines) is 1. The lowest BCUT2D eigenvalue weighted by Crippen LogP contribution is -2.52. The molecule has 128 valence electrons. The van der Waals surface area contributed by atoms with E-state index in [-0.39, 0.29) is 30.3 Å². The second kappa shape index (κ2) is 8.13. The highest BCUT2D eigenvalue weighted by Gasteiger charge is 2.34. The zero-order chi connectivity index (χ0) is 16.3. The lowest BCUT2D eigenvalue weighted by Gasteiger charge is -2.26. The van der Waals surface area contributed by atoms with Gasteiger partial charge in [-0.05, 0) is 31.0 Å². The van der Waals surface area contributed by atoms with Gasteiger partial charge in [-0.25, -0.2) is 0 Å². The molecule has 1 saturated heterocycles. The van der Waals surface area contributed by atoms with E-state index in [9.17, 15) is 9.59 Å². The highest BCUT2D eigenvalue weighted by Crippen LogP contribution is 2.21. The van der Waals surface area contributed by atoms with E-state index in [0.29, 0.717) is 19.5 Å². The summed E-state index contributed by atoms with van der Waals surface area (Å²) in [5.74, 6) is -0.0919. The average molecular weight is 405 g/mol. The molecule has 0 saturated carbocycles. The van der Waals surface area contributed by atoms with Gasteiger partial charge in [0.15, 0.2) is 0 Å². The van der Waals surface area contributed by atoms with Crippen molar-refractivity contribution in [3.05, 3.63) is 34.3 Å². The molecule has 2 unspecified atom stereocenters. The lowest BCUT2D eigenvalue weighted by atomic mass is 9.92. The van der Waals surface area contributed by atoms with Crippen molar-refractivity contribution >= 4 is 40.2 Å². The molecular weight excluding hydrogens is 382 g/mol. The largest absolute Gasteiger partial charge is 0.350 e. The van der Waals surface area contributed by atoms with Crippen molar-refractivity contribution in [3.8, 4) is 0 Å². The standard InChI is InChI=1S/C16H22BrN3O2.ClH/c1-3-14(21)20-9-8-13(10-20)19-15(22)16(2,18)11-4-6-12(17)7-5-11;/h4-7,13H,3,8-10,18H2,1-2H3,(H,19,22);1H. The first-order valence-electron chi connectivity index (χ1n) is 7.48. The minimum atomic E-state index is -1.09. The Balaban J connectivity index is 0.00000264. The van der Waals surface area contributed by atoms with E-state index in [4.69, 9.17) is 5.73 Å². The number of benzene rings is 1. The molecule has 1 heterocycles. The van der Waals surface area contributed by atoms with Crippen LogP contribution >= 0.6 is 28.3 Å². The summed E-state index contributed by atoms with van der Waals surface area (Å²) in [5.41, 5.74) is 5.89. The fourth-order valence-corrected chi connectivity index (χ4v) is 2.86. The second-order valence-corrected chi connectivity index (χ2v) is 6.78. The van der Waals surface area contributed by atoms with Gasteiger partial charge in [0.05, 0.1) is 0 Å². The summed E-state index contributed by atoms with van der Waals surface area (Å²) in [6.07, 6.45) is 1.27. The van der Waals surface area contributed by atoms with Crippen LogP contribution in [0.3, 0.4) is 0 Å². The number of halogens is 2. The summed E-state index contributed by atoms with van der Waals surface area (Å²) in [4.78, 5) is 26.0. The molecule has 1 aliphatic heterocycles. The Kier molecular flexibility index (Phi) is 7.04. The third kappa shape index (κ3) is 4.68. The minimum absolute atomic E-state index is 0. The number of hydrogen-bond acceptors (Lipinski definition) is 3. The summed E-state index contributed by atoms with van der Waals surface area (Å²) in [6.45, 7) is 4.81. The van der Waals surface area contributed by atoms with Crippen LogP contribution in [-0.2, 0) is 15.1 Å². The summed E-state index contributed by atoms with van der Waals surface area (Å²) in [5, 5.41) is 2.97. The predicted molar refractivity (Wildman–Crippen MR) is 96.3 cm³/mol. The molecule has 3 N–H and O–H groups in total. The van der Waals surface area contributed by atoms with Crippen molar-refractivity contribution in [1.82, 2.24) is 10.2 Å². The van der Waals surface area contributed by atoms with E-state index < -0.39 is 5.54 Å². The average Bonchev–Trinajstić information content (AvgIpc) is 2.95. The van der Waals surface area contributed by atoms with E-state index in [1.165, 1.54) is 0 Å². The monoisotopic (exact) mass is 403 g/mol. The zero-order valence-corrected chi connectivity index (χ0v) is 15.7. The van der Waals surface area contributed by atoms with Crippen LogP contribution < -0.4 is 11.1 Å². The van der Waals surface area contributed by atoms with Crippen molar-refractivity contribution in [3.63, 3.8) is 0 Å². The van der Waals surface area contributed by atoms with Crippen LogP contribution in [-0.4, -0.2) is 35.8 Å². The van der Waals surface area contributed by atoms with E-state index in [1.54, 1.807) is 11.8 Å². The van der Waals surface area contributed by atoms with Gasteiger partial charge in [0.2, 0.25) is 11.8 Å². The van der Waals surface area contributed by atoms with Crippen molar-refractivity contribution in [1.29, 1.82) is 0 Å². The summed E-state index contributed by atoms with van der Waals surface area (Å²) < 4.78 is 0.942. The van der Waals surface area contributed by atoms with Crippen LogP contribution in [0.5, 0.6) is 0 Å². The van der Waals surface area contributed by atoms with Gasteiger partial charge in [-0.2, -0.15) is 0 Å². The molecule has 1 fully saturated rings. The Morgan fingerprint density at radius 2 is 2.00 bits per heavy atom. The summed E-state index contributed by atoms with van der Waals surface area (Å²) >= 11 is 3.37. The second-order valence-electron chi connectivity index (χ2n) is 5.86. The number of hydrogen-bond donors (Lipinski definition) is 2. The fourth-order valence-electron chi connectivity index (χ4n) is 2.59. The Hall–Kier alpha value is -1.11.